The van der Waals surface area contributed by atoms with Gasteiger partial charge in [0.25, 0.3) is 0 Å². The molecule has 0 spiro atoms. The highest BCUT2D eigenvalue weighted by molar-refractivity contribution is 9.08. The van der Waals surface area contributed by atoms with Crippen LogP contribution in [-0.4, -0.2) is 17.8 Å². The third kappa shape index (κ3) is 2.22. The molecule has 2 amide bonds. The molecule has 1 aliphatic rings. The fourth-order valence-electron chi connectivity index (χ4n) is 0.651. The summed E-state index contributed by atoms with van der Waals surface area (Å²) < 4.78 is 2.31. The van der Waals surface area contributed by atoms with Crippen LogP contribution < -0.4 is 9.66 Å². The zero-order valence-corrected chi connectivity index (χ0v) is 7.54. The van der Waals surface area contributed by atoms with E-state index in [0.717, 1.165) is 5.75 Å². The van der Waals surface area contributed by atoms with Gasteiger partial charge in [0.05, 0.1) is 22.2 Å². The topological polar surface area (TPSA) is 41.1 Å². The Hall–Kier alpha value is -0.160. The zero-order chi connectivity index (χ0) is 7.40. The van der Waals surface area contributed by atoms with E-state index in [1.165, 1.54) is 0 Å². The number of hydrogen-bond donors (Lipinski definition) is 2. The van der Waals surface area contributed by atoms with Gasteiger partial charge in [-0.2, -0.15) is 0 Å². The molecular formula is C5H7BrN2OS. The maximum atomic E-state index is 10.7. The molecule has 0 aromatic rings. The van der Waals surface area contributed by atoms with Gasteiger partial charge in [-0.3, -0.25) is 4.34 Å². The molecule has 5 heteroatoms. The first-order valence-corrected chi connectivity index (χ1v) is 4.62. The Balaban J connectivity index is 2.24. The van der Waals surface area contributed by atoms with Crippen molar-refractivity contribution in [2.45, 2.75) is 6.04 Å². The number of carbonyl (C=O) groups is 1. The molecule has 1 unspecified atom stereocenters. The average Bonchev–Trinajstić information content (AvgIpc) is 2.40. The Kier molecular flexibility index (Phi) is 3.08. The lowest BCUT2D eigenvalue weighted by Crippen LogP contribution is -2.37. The lowest BCUT2D eigenvalue weighted by Gasteiger charge is -2.07. The van der Waals surface area contributed by atoms with E-state index in [-0.39, 0.29) is 12.1 Å². The number of carbonyl (C=O) groups excluding carboxylic acids is 1. The van der Waals surface area contributed by atoms with Gasteiger partial charge in [0.2, 0.25) is 0 Å². The number of urea groups is 1. The summed E-state index contributed by atoms with van der Waals surface area (Å²) in [7, 11) is 0. The quantitative estimate of drug-likeness (QED) is 0.656. The van der Waals surface area contributed by atoms with Crippen molar-refractivity contribution in [2.75, 3.05) is 5.75 Å². The van der Waals surface area contributed by atoms with Crippen LogP contribution in [0.5, 0.6) is 0 Å². The predicted octanol–water partition coefficient (Wildman–Crippen LogP) is 1.22. The normalized spacial score (nSPS) is 22.7. The maximum Gasteiger partial charge on any atom is 0.325 e. The summed E-state index contributed by atoms with van der Waals surface area (Å²) in [6.07, 6.45) is 1.97. The van der Waals surface area contributed by atoms with Gasteiger partial charge >= 0.3 is 6.03 Å². The van der Waals surface area contributed by atoms with Crippen molar-refractivity contribution in [3.63, 3.8) is 0 Å². The van der Waals surface area contributed by atoms with E-state index in [1.54, 1.807) is 11.8 Å². The van der Waals surface area contributed by atoms with Gasteiger partial charge in [-0.1, -0.05) is 6.08 Å². The fourth-order valence-corrected chi connectivity index (χ4v) is 1.58. The van der Waals surface area contributed by atoms with Crippen molar-refractivity contribution in [1.29, 1.82) is 0 Å². The molecule has 1 aliphatic heterocycles. The van der Waals surface area contributed by atoms with Crippen LogP contribution in [0.25, 0.3) is 0 Å². The van der Waals surface area contributed by atoms with Gasteiger partial charge in [0.15, 0.2) is 0 Å². The zero-order valence-electron chi connectivity index (χ0n) is 5.13. The summed E-state index contributed by atoms with van der Waals surface area (Å²) in [6, 6.07) is -0.0142. The average molecular weight is 223 g/mol. The number of nitrogens with one attached hydrogen (secondary N) is 2. The van der Waals surface area contributed by atoms with Crippen LogP contribution in [0.4, 0.5) is 4.79 Å². The van der Waals surface area contributed by atoms with Gasteiger partial charge in [0, 0.05) is 5.75 Å². The third-order valence-electron chi connectivity index (χ3n) is 1.09. The standard InChI is InChI=1S/C5H7BrN2OS/c6-8-5(9)7-4-1-2-10-3-4/h1-2,4H,3H2,(H2,7,8,9). The second kappa shape index (κ2) is 3.88. The molecule has 0 bridgehead atoms. The number of halogens is 1. The number of rotatable bonds is 1. The summed E-state index contributed by atoms with van der Waals surface area (Å²) in [5, 5.41) is 4.71. The summed E-state index contributed by atoms with van der Waals surface area (Å²) in [4.78, 5) is 10.7. The van der Waals surface area contributed by atoms with Crippen molar-refractivity contribution in [3.05, 3.63) is 11.5 Å². The predicted molar refractivity (Wildman–Crippen MR) is 46.0 cm³/mol. The Morgan fingerprint density at radius 1 is 1.80 bits per heavy atom. The molecule has 0 saturated heterocycles. The van der Waals surface area contributed by atoms with Gasteiger partial charge in [-0.05, 0) is 5.41 Å². The molecule has 3 nitrogen and oxygen atoms in total. The Morgan fingerprint density at radius 2 is 2.60 bits per heavy atom. The Morgan fingerprint density at radius 3 is 3.10 bits per heavy atom. The Labute approximate surface area is 72.0 Å². The molecule has 0 aromatic heterocycles. The van der Waals surface area contributed by atoms with E-state index in [1.807, 2.05) is 11.5 Å². The van der Waals surface area contributed by atoms with Gasteiger partial charge in [0.1, 0.15) is 0 Å². The number of hydrogen-bond acceptors (Lipinski definition) is 2. The van der Waals surface area contributed by atoms with E-state index in [9.17, 15) is 4.79 Å². The van der Waals surface area contributed by atoms with Gasteiger partial charge < -0.3 is 5.32 Å². The highest BCUT2D eigenvalue weighted by Gasteiger charge is 2.10. The minimum Gasteiger partial charge on any atom is -0.330 e. The van der Waals surface area contributed by atoms with Crippen LogP contribution in [0.15, 0.2) is 11.5 Å². The first-order valence-electron chi connectivity index (χ1n) is 2.78. The summed E-state index contributed by atoms with van der Waals surface area (Å²) >= 11 is 4.53. The number of thioether (sulfide) groups is 1. The molecular weight excluding hydrogens is 216 g/mol. The molecule has 1 heterocycles. The monoisotopic (exact) mass is 222 g/mol. The van der Waals surface area contributed by atoms with Gasteiger partial charge in [-0.25, -0.2) is 4.79 Å². The highest BCUT2D eigenvalue weighted by atomic mass is 79.9. The first kappa shape index (κ1) is 7.94. The van der Waals surface area contributed by atoms with E-state index in [2.05, 4.69) is 25.8 Å². The fraction of sp³-hybridized carbons (Fsp3) is 0.400. The maximum absolute atomic E-state index is 10.7. The second-order valence-corrected chi connectivity index (χ2v) is 3.17. The number of amides is 2. The lowest BCUT2D eigenvalue weighted by atomic mass is 10.3. The third-order valence-corrected chi connectivity index (χ3v) is 2.35. The molecule has 0 saturated carbocycles. The van der Waals surface area contributed by atoms with Crippen LogP contribution >= 0.6 is 27.9 Å². The summed E-state index contributed by atoms with van der Waals surface area (Å²) in [5.74, 6) is 0.931. The molecule has 1 rings (SSSR count). The highest BCUT2D eigenvalue weighted by Crippen LogP contribution is 2.13. The molecule has 2 N–H and O–H groups in total. The van der Waals surface area contributed by atoms with Gasteiger partial charge in [-0.15, -0.1) is 11.8 Å². The largest absolute Gasteiger partial charge is 0.330 e. The lowest BCUT2D eigenvalue weighted by molar-refractivity contribution is 0.245. The summed E-state index contributed by atoms with van der Waals surface area (Å²) in [5.41, 5.74) is 0. The molecule has 0 radical (unpaired) electrons. The van der Waals surface area contributed by atoms with Crippen molar-refractivity contribution in [1.82, 2.24) is 9.66 Å². The van der Waals surface area contributed by atoms with E-state index in [0.29, 0.717) is 0 Å². The van der Waals surface area contributed by atoms with Crippen molar-refractivity contribution >= 4 is 33.9 Å². The minimum atomic E-state index is -0.197. The van der Waals surface area contributed by atoms with Crippen molar-refractivity contribution in [3.8, 4) is 0 Å². The molecule has 56 valence electrons. The molecule has 0 aliphatic carbocycles. The van der Waals surface area contributed by atoms with Crippen LogP contribution in [0.3, 0.4) is 0 Å². The molecule has 10 heavy (non-hydrogen) atoms. The van der Waals surface area contributed by atoms with Crippen LogP contribution in [0.1, 0.15) is 0 Å². The van der Waals surface area contributed by atoms with Crippen molar-refractivity contribution in [2.24, 2.45) is 0 Å². The molecule has 0 fully saturated rings. The van der Waals surface area contributed by atoms with Crippen molar-refractivity contribution < 1.29 is 4.79 Å². The van der Waals surface area contributed by atoms with Crippen LogP contribution in [-0.2, 0) is 0 Å². The van der Waals surface area contributed by atoms with E-state index < -0.39 is 0 Å². The smallest absolute Gasteiger partial charge is 0.325 e. The van der Waals surface area contributed by atoms with Crippen LogP contribution in [0, 0.1) is 0 Å². The van der Waals surface area contributed by atoms with E-state index >= 15 is 0 Å². The van der Waals surface area contributed by atoms with Crippen LogP contribution in [0.2, 0.25) is 0 Å². The SMILES string of the molecule is O=C(NBr)NC1C=CSC1. The minimum absolute atomic E-state index is 0.183. The van der Waals surface area contributed by atoms with E-state index in [4.69, 9.17) is 0 Å². The first-order chi connectivity index (χ1) is 4.83. The summed E-state index contributed by atoms with van der Waals surface area (Å²) in [6.45, 7) is 0. The molecule has 1 atom stereocenters. The Bertz CT molecular complexity index is 162. The molecule has 0 aromatic carbocycles. The second-order valence-electron chi connectivity index (χ2n) is 1.84.